The molecule has 0 amide bonds. The Morgan fingerprint density at radius 1 is 0.700 bits per heavy atom. The number of guanidine groups is 1. The second kappa shape index (κ2) is 5.14. The molecule has 1 N–H and O–H groups in total. The van der Waals surface area contributed by atoms with Crippen molar-refractivity contribution < 1.29 is 18.9 Å². The Labute approximate surface area is 118 Å². The van der Waals surface area contributed by atoms with Crippen molar-refractivity contribution in [1.82, 2.24) is 9.80 Å². The van der Waals surface area contributed by atoms with Crippen LogP contribution in [0.2, 0.25) is 0 Å². The summed E-state index contributed by atoms with van der Waals surface area (Å²) in [5, 5.41) is 8.52. The van der Waals surface area contributed by atoms with Crippen molar-refractivity contribution >= 4 is 5.96 Å². The zero-order valence-corrected chi connectivity index (χ0v) is 11.5. The Kier molecular flexibility index (Phi) is 3.30. The zero-order valence-electron chi connectivity index (χ0n) is 11.5. The molecule has 0 radical (unpaired) electrons. The minimum atomic E-state index is 0.283. The van der Waals surface area contributed by atoms with Crippen LogP contribution in [0.15, 0.2) is 0 Å². The van der Waals surface area contributed by atoms with Crippen LogP contribution < -0.4 is 0 Å². The van der Waals surface area contributed by atoms with Gasteiger partial charge in [-0.1, -0.05) is 0 Å². The van der Waals surface area contributed by atoms with Crippen LogP contribution in [0.3, 0.4) is 0 Å². The summed E-state index contributed by atoms with van der Waals surface area (Å²) >= 11 is 0. The highest BCUT2D eigenvalue weighted by Gasteiger charge is 2.37. The second-order valence-electron chi connectivity index (χ2n) is 5.95. The van der Waals surface area contributed by atoms with Crippen molar-refractivity contribution in [2.24, 2.45) is 0 Å². The third-order valence-electron chi connectivity index (χ3n) is 3.90. The SMILES string of the molecule is N=C(N(CC1CO1)CC1CO1)N(CC1CO1)CC1CO1. The van der Waals surface area contributed by atoms with Crippen LogP contribution in [0.1, 0.15) is 0 Å². The summed E-state index contributed by atoms with van der Waals surface area (Å²) in [5.74, 6) is 0.557. The van der Waals surface area contributed by atoms with E-state index in [1.807, 2.05) is 0 Å². The molecule has 0 aliphatic carbocycles. The highest BCUT2D eigenvalue weighted by molar-refractivity contribution is 5.77. The quantitative estimate of drug-likeness (QED) is 0.354. The van der Waals surface area contributed by atoms with Gasteiger partial charge in [0.25, 0.3) is 0 Å². The Hall–Kier alpha value is -0.890. The third kappa shape index (κ3) is 3.60. The number of hydrogen-bond donors (Lipinski definition) is 1. The molecule has 4 heterocycles. The summed E-state index contributed by atoms with van der Waals surface area (Å²) < 4.78 is 21.2. The van der Waals surface area contributed by atoms with Gasteiger partial charge in [0, 0.05) is 26.2 Å². The Bertz CT molecular complexity index is 316. The molecule has 4 unspecified atom stereocenters. The highest BCUT2D eigenvalue weighted by atomic mass is 16.6. The fourth-order valence-electron chi connectivity index (χ4n) is 2.37. The van der Waals surface area contributed by atoms with Crippen LogP contribution in [-0.4, -0.2) is 92.8 Å². The zero-order chi connectivity index (χ0) is 13.5. The number of hydrogen-bond acceptors (Lipinski definition) is 5. The fraction of sp³-hybridized carbons (Fsp3) is 0.923. The summed E-state index contributed by atoms with van der Waals surface area (Å²) in [5.41, 5.74) is 0. The van der Waals surface area contributed by atoms with Crippen molar-refractivity contribution in [2.45, 2.75) is 24.4 Å². The molecule has 0 saturated carbocycles. The molecule has 112 valence electrons. The first-order valence-corrected chi connectivity index (χ1v) is 7.33. The lowest BCUT2D eigenvalue weighted by Gasteiger charge is -2.32. The molecular formula is C13H21N3O4. The Balaban J connectivity index is 1.38. The van der Waals surface area contributed by atoms with E-state index in [1.165, 1.54) is 0 Å². The first-order valence-electron chi connectivity index (χ1n) is 7.33. The lowest BCUT2D eigenvalue weighted by atomic mass is 10.3. The first-order chi connectivity index (χ1) is 9.78. The van der Waals surface area contributed by atoms with Crippen molar-refractivity contribution in [2.75, 3.05) is 52.6 Å². The van der Waals surface area contributed by atoms with Crippen LogP contribution in [0.5, 0.6) is 0 Å². The Morgan fingerprint density at radius 3 is 1.15 bits per heavy atom. The van der Waals surface area contributed by atoms with Gasteiger partial charge in [-0.05, 0) is 0 Å². The maximum absolute atomic E-state index is 8.52. The smallest absolute Gasteiger partial charge is 0.194 e. The van der Waals surface area contributed by atoms with E-state index in [-0.39, 0.29) is 24.4 Å². The van der Waals surface area contributed by atoms with E-state index in [0.717, 1.165) is 52.6 Å². The van der Waals surface area contributed by atoms with Gasteiger partial charge >= 0.3 is 0 Å². The predicted molar refractivity (Wildman–Crippen MR) is 69.8 cm³/mol. The van der Waals surface area contributed by atoms with Crippen LogP contribution in [0, 0.1) is 5.41 Å². The van der Waals surface area contributed by atoms with Crippen LogP contribution in [0.4, 0.5) is 0 Å². The van der Waals surface area contributed by atoms with Gasteiger partial charge in [0.05, 0.1) is 50.8 Å². The molecule has 0 spiro atoms. The van der Waals surface area contributed by atoms with Crippen molar-refractivity contribution in [3.63, 3.8) is 0 Å². The molecule has 4 aliphatic heterocycles. The molecule has 4 rings (SSSR count). The number of rotatable bonds is 8. The molecule has 4 fully saturated rings. The molecule has 20 heavy (non-hydrogen) atoms. The summed E-state index contributed by atoms with van der Waals surface area (Å²) in [6, 6.07) is 0. The fourth-order valence-corrected chi connectivity index (χ4v) is 2.37. The van der Waals surface area contributed by atoms with E-state index < -0.39 is 0 Å². The number of ether oxygens (including phenoxy) is 4. The molecule has 0 bridgehead atoms. The average molecular weight is 283 g/mol. The maximum Gasteiger partial charge on any atom is 0.194 e. The summed E-state index contributed by atoms with van der Waals surface area (Å²) in [6.07, 6.45) is 1.13. The number of nitrogens with zero attached hydrogens (tertiary/aromatic N) is 2. The number of epoxide rings is 4. The van der Waals surface area contributed by atoms with Crippen molar-refractivity contribution in [1.29, 1.82) is 5.41 Å². The van der Waals surface area contributed by atoms with E-state index in [2.05, 4.69) is 9.80 Å². The lowest BCUT2D eigenvalue weighted by molar-refractivity contribution is 0.239. The minimum absolute atomic E-state index is 0.283. The van der Waals surface area contributed by atoms with Crippen molar-refractivity contribution in [3.05, 3.63) is 0 Å². The molecule has 4 atom stereocenters. The summed E-state index contributed by atoms with van der Waals surface area (Å²) in [4.78, 5) is 4.17. The molecule has 0 aromatic heterocycles. The van der Waals surface area contributed by atoms with Gasteiger partial charge in [-0.3, -0.25) is 5.41 Å². The van der Waals surface area contributed by atoms with E-state index in [4.69, 9.17) is 24.4 Å². The molecule has 0 aromatic rings. The monoisotopic (exact) mass is 283 g/mol. The summed E-state index contributed by atoms with van der Waals surface area (Å²) in [7, 11) is 0. The first kappa shape index (κ1) is 12.8. The molecule has 7 heteroatoms. The highest BCUT2D eigenvalue weighted by Crippen LogP contribution is 2.20. The van der Waals surface area contributed by atoms with Crippen LogP contribution in [-0.2, 0) is 18.9 Å². The lowest BCUT2D eigenvalue weighted by Crippen LogP contribution is -2.49. The van der Waals surface area contributed by atoms with Crippen molar-refractivity contribution in [3.8, 4) is 0 Å². The van der Waals surface area contributed by atoms with E-state index in [1.54, 1.807) is 0 Å². The average Bonchev–Trinajstić information content (AvgIpc) is 3.24. The van der Waals surface area contributed by atoms with E-state index in [9.17, 15) is 0 Å². The maximum atomic E-state index is 8.52. The third-order valence-corrected chi connectivity index (χ3v) is 3.90. The van der Waals surface area contributed by atoms with Crippen LogP contribution in [0.25, 0.3) is 0 Å². The van der Waals surface area contributed by atoms with E-state index >= 15 is 0 Å². The van der Waals surface area contributed by atoms with Gasteiger partial charge in [-0.2, -0.15) is 0 Å². The van der Waals surface area contributed by atoms with Gasteiger partial charge in [-0.25, -0.2) is 0 Å². The van der Waals surface area contributed by atoms with E-state index in [0.29, 0.717) is 5.96 Å². The topological polar surface area (TPSA) is 80.5 Å². The van der Waals surface area contributed by atoms with Gasteiger partial charge in [0.15, 0.2) is 5.96 Å². The normalized spacial score (nSPS) is 36.4. The molecule has 4 saturated heterocycles. The standard InChI is InChI=1S/C13H21N3O4/c14-13(15(1-9-5-17-9)2-10-6-18-10)16(3-11-7-19-11)4-12-8-20-12/h9-12,14H,1-8H2. The minimum Gasteiger partial charge on any atom is -0.371 e. The molecule has 7 nitrogen and oxygen atoms in total. The molecule has 4 aliphatic rings. The Morgan fingerprint density at radius 2 is 0.950 bits per heavy atom. The van der Waals surface area contributed by atoms with Gasteiger partial charge in [-0.15, -0.1) is 0 Å². The number of nitrogens with one attached hydrogen (secondary N) is 1. The molecular weight excluding hydrogens is 262 g/mol. The molecule has 0 aromatic carbocycles. The van der Waals surface area contributed by atoms with Gasteiger partial charge < -0.3 is 28.7 Å². The van der Waals surface area contributed by atoms with Gasteiger partial charge in [0.1, 0.15) is 0 Å². The van der Waals surface area contributed by atoms with Crippen LogP contribution >= 0.6 is 0 Å². The largest absolute Gasteiger partial charge is 0.371 e. The second-order valence-corrected chi connectivity index (χ2v) is 5.95. The summed E-state index contributed by atoms with van der Waals surface area (Å²) in [6.45, 7) is 6.38. The predicted octanol–water partition coefficient (Wildman–Crippen LogP) is -0.880. The van der Waals surface area contributed by atoms with Gasteiger partial charge in [0.2, 0.25) is 0 Å².